The van der Waals surface area contributed by atoms with Crippen LogP contribution >= 0.6 is 11.3 Å². The molecule has 34 heavy (non-hydrogen) atoms. The summed E-state index contributed by atoms with van der Waals surface area (Å²) in [5, 5.41) is 1.88. The van der Waals surface area contributed by atoms with Gasteiger partial charge in [0.1, 0.15) is 11.6 Å². The van der Waals surface area contributed by atoms with Crippen LogP contribution in [0.25, 0.3) is 11.6 Å². The first-order valence-electron chi connectivity index (χ1n) is 10.6. The van der Waals surface area contributed by atoms with Crippen molar-refractivity contribution in [2.75, 3.05) is 26.2 Å². The van der Waals surface area contributed by atoms with Crippen LogP contribution in [-0.2, 0) is 4.79 Å². The predicted molar refractivity (Wildman–Crippen MR) is 124 cm³/mol. The minimum atomic E-state index is -2.97. The van der Waals surface area contributed by atoms with Crippen LogP contribution in [0.3, 0.4) is 0 Å². The molecule has 1 aliphatic heterocycles. The second kappa shape index (κ2) is 10.6. The zero-order valence-corrected chi connectivity index (χ0v) is 18.8. The number of piperazine rings is 1. The Hall–Kier alpha value is -3.59. The van der Waals surface area contributed by atoms with Gasteiger partial charge in [0.05, 0.1) is 5.57 Å². The van der Waals surface area contributed by atoms with Gasteiger partial charge in [0.2, 0.25) is 0 Å². The minimum absolute atomic E-state index is 0.0822. The normalized spacial score (nSPS) is 14.4. The minimum Gasteiger partial charge on any atom is -0.435 e. The van der Waals surface area contributed by atoms with Crippen LogP contribution in [-0.4, -0.2) is 54.4 Å². The highest BCUT2D eigenvalue weighted by atomic mass is 32.1. The first-order chi connectivity index (χ1) is 16.4. The molecular formula is C25H21F3N2O3S. The lowest BCUT2D eigenvalue weighted by Gasteiger charge is -2.35. The van der Waals surface area contributed by atoms with E-state index in [-0.39, 0.29) is 28.9 Å². The lowest BCUT2D eigenvalue weighted by atomic mass is 10.1. The fraction of sp³-hybridized carbons (Fsp3) is 0.200. The number of ether oxygens (including phenoxy) is 1. The monoisotopic (exact) mass is 486 g/mol. The quantitative estimate of drug-likeness (QED) is 0.460. The van der Waals surface area contributed by atoms with Crippen LogP contribution in [0.15, 0.2) is 66.0 Å². The SMILES string of the molecule is O=C(/C(=C\c1ccc(F)cc1)c1cccs1)N1CCN(C(=O)c2cccc(OC(F)F)c2)CC1. The van der Waals surface area contributed by atoms with Crippen molar-refractivity contribution in [1.29, 1.82) is 0 Å². The fourth-order valence-corrected chi connectivity index (χ4v) is 4.40. The Labute approximate surface area is 198 Å². The maximum absolute atomic E-state index is 13.4. The van der Waals surface area contributed by atoms with Gasteiger partial charge in [-0.15, -0.1) is 11.3 Å². The second-order valence-corrected chi connectivity index (χ2v) is 8.53. The molecule has 0 atom stereocenters. The molecule has 0 N–H and O–H groups in total. The Morgan fingerprint density at radius 2 is 1.65 bits per heavy atom. The standard InChI is InChI=1S/C25H21F3N2O3S/c26-19-8-6-17(7-9-19)15-21(22-5-2-14-34-22)24(32)30-12-10-29(11-13-30)23(31)18-3-1-4-20(16-18)33-25(27)28/h1-9,14-16,25H,10-13H2/b21-15-. The van der Waals surface area contributed by atoms with Crippen molar-refractivity contribution in [3.8, 4) is 5.75 Å². The van der Waals surface area contributed by atoms with Gasteiger partial charge in [-0.1, -0.05) is 24.3 Å². The average molecular weight is 487 g/mol. The Bertz CT molecular complexity index is 1170. The molecule has 9 heteroatoms. The van der Waals surface area contributed by atoms with Crippen molar-refractivity contribution in [2.24, 2.45) is 0 Å². The van der Waals surface area contributed by atoms with Gasteiger partial charge < -0.3 is 14.5 Å². The van der Waals surface area contributed by atoms with E-state index in [0.717, 1.165) is 4.88 Å². The third kappa shape index (κ3) is 5.66. The van der Waals surface area contributed by atoms with Crippen LogP contribution in [0, 0.1) is 5.82 Å². The summed E-state index contributed by atoms with van der Waals surface area (Å²) < 4.78 is 42.6. The molecule has 2 heterocycles. The lowest BCUT2D eigenvalue weighted by molar-refractivity contribution is -0.126. The Balaban J connectivity index is 1.45. The Morgan fingerprint density at radius 1 is 0.941 bits per heavy atom. The molecule has 0 aliphatic carbocycles. The molecule has 0 spiro atoms. The molecule has 4 rings (SSSR count). The average Bonchev–Trinajstić information content (AvgIpc) is 3.37. The second-order valence-electron chi connectivity index (χ2n) is 7.58. The van der Waals surface area contributed by atoms with E-state index in [2.05, 4.69) is 4.74 Å². The van der Waals surface area contributed by atoms with Crippen molar-refractivity contribution >= 4 is 34.8 Å². The first kappa shape index (κ1) is 23.6. The van der Waals surface area contributed by atoms with Crippen LogP contribution in [0.2, 0.25) is 0 Å². The maximum Gasteiger partial charge on any atom is 0.387 e. The molecule has 0 bridgehead atoms. The Morgan fingerprint density at radius 3 is 2.29 bits per heavy atom. The van der Waals surface area contributed by atoms with Crippen molar-refractivity contribution in [3.63, 3.8) is 0 Å². The number of benzene rings is 2. The highest BCUT2D eigenvalue weighted by Gasteiger charge is 2.27. The summed E-state index contributed by atoms with van der Waals surface area (Å²) in [6, 6.07) is 15.3. The number of nitrogens with zero attached hydrogens (tertiary/aromatic N) is 2. The molecule has 5 nitrogen and oxygen atoms in total. The fourth-order valence-electron chi connectivity index (χ4n) is 3.67. The van der Waals surface area contributed by atoms with Crippen molar-refractivity contribution < 1.29 is 27.5 Å². The molecule has 2 amide bonds. The van der Waals surface area contributed by atoms with Gasteiger partial charge in [-0.25, -0.2) is 4.39 Å². The highest BCUT2D eigenvalue weighted by Crippen LogP contribution is 2.26. The summed E-state index contributed by atoms with van der Waals surface area (Å²) in [6.07, 6.45) is 1.74. The number of halogens is 3. The maximum atomic E-state index is 13.4. The van der Waals surface area contributed by atoms with Crippen LogP contribution < -0.4 is 4.74 Å². The predicted octanol–water partition coefficient (Wildman–Crippen LogP) is 5.01. The summed E-state index contributed by atoms with van der Waals surface area (Å²) in [7, 11) is 0. The molecule has 1 aromatic heterocycles. The summed E-state index contributed by atoms with van der Waals surface area (Å²) in [6.45, 7) is -1.72. The van der Waals surface area contributed by atoms with Gasteiger partial charge in [-0.05, 0) is 53.4 Å². The number of thiophene rings is 1. The molecular weight excluding hydrogens is 465 g/mol. The summed E-state index contributed by atoms with van der Waals surface area (Å²) in [5.41, 5.74) is 1.45. The molecule has 176 valence electrons. The van der Waals surface area contributed by atoms with Gasteiger partial charge in [-0.3, -0.25) is 9.59 Å². The zero-order chi connectivity index (χ0) is 24.1. The van der Waals surface area contributed by atoms with Gasteiger partial charge in [-0.2, -0.15) is 8.78 Å². The largest absolute Gasteiger partial charge is 0.435 e. The van der Waals surface area contributed by atoms with Gasteiger partial charge in [0, 0.05) is 36.6 Å². The number of hydrogen-bond acceptors (Lipinski definition) is 4. The van der Waals surface area contributed by atoms with E-state index in [1.807, 2.05) is 17.5 Å². The number of carbonyl (C=O) groups excluding carboxylic acids is 2. The van der Waals surface area contributed by atoms with E-state index < -0.39 is 6.61 Å². The van der Waals surface area contributed by atoms with E-state index >= 15 is 0 Å². The molecule has 0 unspecified atom stereocenters. The number of carbonyl (C=O) groups is 2. The molecule has 1 aliphatic rings. The van der Waals surface area contributed by atoms with Crippen LogP contribution in [0.4, 0.5) is 13.2 Å². The molecule has 0 radical (unpaired) electrons. The molecule has 2 aromatic carbocycles. The van der Waals surface area contributed by atoms with E-state index in [9.17, 15) is 22.8 Å². The first-order valence-corrected chi connectivity index (χ1v) is 11.4. The summed E-state index contributed by atoms with van der Waals surface area (Å²) >= 11 is 1.43. The molecule has 1 fully saturated rings. The Kier molecular flexibility index (Phi) is 7.32. The third-order valence-electron chi connectivity index (χ3n) is 5.36. The van der Waals surface area contributed by atoms with Crippen molar-refractivity contribution in [2.45, 2.75) is 6.61 Å². The third-order valence-corrected chi connectivity index (χ3v) is 6.26. The van der Waals surface area contributed by atoms with Crippen molar-refractivity contribution in [3.05, 3.63) is 87.9 Å². The lowest BCUT2D eigenvalue weighted by Crippen LogP contribution is -2.50. The number of alkyl halides is 2. The summed E-state index contributed by atoms with van der Waals surface area (Å²) in [4.78, 5) is 30.3. The van der Waals surface area contributed by atoms with Gasteiger partial charge >= 0.3 is 6.61 Å². The van der Waals surface area contributed by atoms with E-state index in [0.29, 0.717) is 37.3 Å². The van der Waals surface area contributed by atoms with Crippen LogP contribution in [0.1, 0.15) is 20.8 Å². The highest BCUT2D eigenvalue weighted by molar-refractivity contribution is 7.11. The molecule has 1 saturated heterocycles. The number of hydrogen-bond donors (Lipinski definition) is 0. The van der Waals surface area contributed by atoms with Crippen molar-refractivity contribution in [1.82, 2.24) is 9.80 Å². The van der Waals surface area contributed by atoms with Gasteiger partial charge in [0.25, 0.3) is 11.8 Å². The van der Waals surface area contributed by atoms with Gasteiger partial charge in [0.15, 0.2) is 0 Å². The molecule has 0 saturated carbocycles. The smallest absolute Gasteiger partial charge is 0.387 e. The van der Waals surface area contributed by atoms with Crippen LogP contribution in [0.5, 0.6) is 5.75 Å². The number of amides is 2. The number of rotatable bonds is 6. The summed E-state index contributed by atoms with van der Waals surface area (Å²) in [5.74, 6) is -0.923. The topological polar surface area (TPSA) is 49.9 Å². The van der Waals surface area contributed by atoms with E-state index in [1.165, 1.54) is 41.7 Å². The van der Waals surface area contributed by atoms with E-state index in [4.69, 9.17) is 0 Å². The zero-order valence-electron chi connectivity index (χ0n) is 18.0. The van der Waals surface area contributed by atoms with E-state index in [1.54, 1.807) is 34.1 Å². The molecule has 3 aromatic rings.